The number of para-hydroxylation sites is 1. The first-order valence-corrected chi connectivity index (χ1v) is 18.4. The molecule has 260 valence electrons. The van der Waals surface area contributed by atoms with Crippen molar-refractivity contribution >= 4 is 51.1 Å². The van der Waals surface area contributed by atoms with E-state index in [-0.39, 0.29) is 31.3 Å². The van der Waals surface area contributed by atoms with Gasteiger partial charge in [0.25, 0.3) is 11.8 Å². The highest BCUT2D eigenvalue weighted by Crippen LogP contribution is 2.36. The van der Waals surface area contributed by atoms with E-state index in [0.29, 0.717) is 47.8 Å². The van der Waals surface area contributed by atoms with Gasteiger partial charge in [-0.2, -0.15) is 0 Å². The molecule has 3 aromatic carbocycles. The number of hydrogen-bond acceptors (Lipinski definition) is 7. The molecule has 1 atom stereocenters. The van der Waals surface area contributed by atoms with Crippen LogP contribution in [0.4, 0.5) is 10.5 Å². The number of alkyl carbamates (subject to hydrolysis) is 1. The minimum atomic E-state index is -3.81. The van der Waals surface area contributed by atoms with Gasteiger partial charge in [0.05, 0.1) is 29.6 Å². The van der Waals surface area contributed by atoms with Crippen molar-refractivity contribution in [3.05, 3.63) is 100 Å². The molecule has 4 amide bonds. The number of halogens is 1. The fourth-order valence-electron chi connectivity index (χ4n) is 6.30. The molecule has 1 saturated heterocycles. The molecule has 0 radical (unpaired) electrons. The number of nitrogens with zero attached hydrogens (tertiary/aromatic N) is 3. The van der Waals surface area contributed by atoms with E-state index in [0.717, 1.165) is 22.3 Å². The average molecular weight is 709 g/mol. The number of piperidine rings is 1. The second-order valence-electron chi connectivity index (χ2n) is 13.3. The summed E-state index contributed by atoms with van der Waals surface area (Å²) in [6, 6.07) is 19.9. The van der Waals surface area contributed by atoms with Crippen LogP contribution in [0.15, 0.2) is 72.8 Å². The summed E-state index contributed by atoms with van der Waals surface area (Å²) in [5, 5.41) is 3.32. The van der Waals surface area contributed by atoms with Gasteiger partial charge in [-0.1, -0.05) is 54.1 Å². The molecule has 1 N–H and O–H groups in total. The maximum Gasteiger partial charge on any atom is 0.408 e. The fourth-order valence-corrected chi connectivity index (χ4v) is 7.36. The van der Waals surface area contributed by atoms with Gasteiger partial charge in [-0.15, -0.1) is 0 Å². The van der Waals surface area contributed by atoms with Crippen LogP contribution >= 0.6 is 11.6 Å². The molecule has 0 aliphatic carbocycles. The lowest BCUT2D eigenvalue weighted by atomic mass is 9.88. The van der Waals surface area contributed by atoms with E-state index in [1.807, 2.05) is 24.3 Å². The number of anilines is 1. The summed E-state index contributed by atoms with van der Waals surface area (Å²) < 4.78 is 33.0. The van der Waals surface area contributed by atoms with Crippen LogP contribution in [0, 0.1) is 0 Å². The van der Waals surface area contributed by atoms with Crippen molar-refractivity contribution in [3.8, 4) is 0 Å². The van der Waals surface area contributed by atoms with Crippen LogP contribution in [-0.2, 0) is 26.0 Å². The number of carbonyl (C=O) groups excluding carboxylic acids is 4. The van der Waals surface area contributed by atoms with Crippen LogP contribution in [0.5, 0.6) is 0 Å². The van der Waals surface area contributed by atoms with Crippen LogP contribution in [0.1, 0.15) is 71.4 Å². The first kappa shape index (κ1) is 35.9. The Balaban J connectivity index is 1.30. The Morgan fingerprint density at radius 2 is 1.51 bits per heavy atom. The van der Waals surface area contributed by atoms with Crippen molar-refractivity contribution < 1.29 is 32.3 Å². The van der Waals surface area contributed by atoms with Crippen molar-refractivity contribution in [3.63, 3.8) is 0 Å². The second-order valence-corrected chi connectivity index (χ2v) is 15.7. The second kappa shape index (κ2) is 14.6. The number of fused-ring (bicyclic) bond motifs is 1. The van der Waals surface area contributed by atoms with E-state index in [9.17, 15) is 27.6 Å². The third-order valence-electron chi connectivity index (χ3n) is 8.60. The minimum absolute atomic E-state index is 0.0719. The van der Waals surface area contributed by atoms with Gasteiger partial charge in [-0.3, -0.25) is 23.6 Å². The highest BCUT2D eigenvalue weighted by Gasteiger charge is 2.37. The van der Waals surface area contributed by atoms with Crippen molar-refractivity contribution in [2.75, 3.05) is 36.7 Å². The quantitative estimate of drug-likeness (QED) is 0.285. The van der Waals surface area contributed by atoms with Crippen LogP contribution in [-0.4, -0.2) is 86.1 Å². The predicted molar refractivity (Wildman–Crippen MR) is 187 cm³/mol. The third-order valence-corrected chi connectivity index (χ3v) is 10.0. The lowest BCUT2D eigenvalue weighted by molar-refractivity contribution is -0.134. The van der Waals surface area contributed by atoms with E-state index in [4.69, 9.17) is 16.3 Å². The van der Waals surface area contributed by atoms with Gasteiger partial charge in [0.1, 0.15) is 11.6 Å². The number of sulfonamides is 1. The van der Waals surface area contributed by atoms with Gasteiger partial charge < -0.3 is 15.0 Å². The first-order chi connectivity index (χ1) is 23.1. The Morgan fingerprint density at radius 1 is 0.939 bits per heavy atom. The molecule has 11 nitrogen and oxygen atoms in total. The number of amides is 4. The molecule has 3 aromatic rings. The zero-order valence-electron chi connectivity index (χ0n) is 28.0. The Labute approximate surface area is 292 Å². The maximum absolute atomic E-state index is 13.8. The molecule has 0 bridgehead atoms. The molecule has 49 heavy (non-hydrogen) atoms. The molecule has 2 heterocycles. The van der Waals surface area contributed by atoms with Gasteiger partial charge in [0.2, 0.25) is 15.9 Å². The Kier molecular flexibility index (Phi) is 10.7. The largest absolute Gasteiger partial charge is 0.444 e. The summed E-state index contributed by atoms with van der Waals surface area (Å²) in [4.78, 5) is 55.3. The molecule has 13 heteroatoms. The smallest absolute Gasteiger partial charge is 0.408 e. The number of likely N-dealkylation sites (tertiary alicyclic amines) is 1. The summed E-state index contributed by atoms with van der Waals surface area (Å²) in [6.45, 7) is 5.81. The Morgan fingerprint density at radius 3 is 2.08 bits per heavy atom. The van der Waals surface area contributed by atoms with Crippen molar-refractivity contribution in [1.29, 1.82) is 0 Å². The van der Waals surface area contributed by atoms with Gasteiger partial charge in [0.15, 0.2) is 0 Å². The fraction of sp³-hybridized carbons (Fsp3) is 0.389. The van der Waals surface area contributed by atoms with Gasteiger partial charge in [-0.05, 0) is 81.0 Å². The monoisotopic (exact) mass is 708 g/mol. The lowest BCUT2D eigenvalue weighted by Crippen LogP contribution is -2.52. The number of carbonyl (C=O) groups is 4. The van der Waals surface area contributed by atoms with Crippen LogP contribution in [0.3, 0.4) is 0 Å². The molecule has 2 aliphatic heterocycles. The topological polar surface area (TPSA) is 133 Å². The molecule has 1 unspecified atom stereocenters. The highest BCUT2D eigenvalue weighted by atomic mass is 35.5. The SMILES string of the molecule is CC(C)(C)OC(=O)NC(Cc1ccc(Cl)cc1)C(=O)N1CCC(c2ccccc2N(CCN2C(=O)c3ccccc3C2=O)S(C)(=O)=O)CC1. The molecule has 0 aromatic heterocycles. The van der Waals surface area contributed by atoms with E-state index in [1.165, 1.54) is 4.31 Å². The molecule has 0 spiro atoms. The molecular formula is C36H41ClN4O7S. The van der Waals surface area contributed by atoms with Crippen LogP contribution < -0.4 is 9.62 Å². The summed E-state index contributed by atoms with van der Waals surface area (Å²) in [6.07, 6.45) is 1.77. The molecular weight excluding hydrogens is 668 g/mol. The number of imide groups is 1. The Bertz CT molecular complexity index is 1800. The number of benzene rings is 3. The maximum atomic E-state index is 13.8. The minimum Gasteiger partial charge on any atom is -0.444 e. The van der Waals surface area contributed by atoms with Crippen molar-refractivity contribution in [1.82, 2.24) is 15.1 Å². The number of rotatable bonds is 10. The Hall–Kier alpha value is -4.42. The summed E-state index contributed by atoms with van der Waals surface area (Å²) >= 11 is 6.05. The van der Waals surface area contributed by atoms with Crippen LogP contribution in [0.25, 0.3) is 0 Å². The third kappa shape index (κ3) is 8.60. The van der Waals surface area contributed by atoms with E-state index < -0.39 is 39.6 Å². The predicted octanol–water partition coefficient (Wildman–Crippen LogP) is 5.24. The highest BCUT2D eigenvalue weighted by molar-refractivity contribution is 7.92. The van der Waals surface area contributed by atoms with Crippen molar-refractivity contribution in [2.24, 2.45) is 0 Å². The van der Waals surface area contributed by atoms with E-state index >= 15 is 0 Å². The number of hydrogen-bond donors (Lipinski definition) is 1. The molecule has 2 aliphatic rings. The molecule has 1 fully saturated rings. The molecule has 5 rings (SSSR count). The number of nitrogens with one attached hydrogen (secondary N) is 1. The van der Waals surface area contributed by atoms with Crippen molar-refractivity contribution in [2.45, 2.75) is 57.6 Å². The standard InChI is InChI=1S/C36H41ClN4O7S/c1-36(2,3)48-35(45)38-30(23-24-13-15-26(37)16-14-24)34(44)39-19-17-25(18-20-39)27-9-7-8-12-31(27)41(49(4,46)47)22-21-40-32(42)28-10-5-6-11-29(28)33(40)43/h5-16,25,30H,17-23H2,1-4H3,(H,38,45). The first-order valence-electron chi connectivity index (χ1n) is 16.2. The van der Waals surface area contributed by atoms with E-state index in [2.05, 4.69) is 5.32 Å². The molecule has 0 saturated carbocycles. The van der Waals surface area contributed by atoms with Gasteiger partial charge >= 0.3 is 6.09 Å². The summed E-state index contributed by atoms with van der Waals surface area (Å²) in [7, 11) is -3.81. The zero-order chi connectivity index (χ0) is 35.5. The number of ether oxygens (including phenoxy) is 1. The van der Waals surface area contributed by atoms with E-state index in [1.54, 1.807) is 74.2 Å². The summed E-state index contributed by atoms with van der Waals surface area (Å²) in [5.41, 5.74) is 1.96. The van der Waals surface area contributed by atoms with Gasteiger partial charge in [0, 0.05) is 31.1 Å². The normalized spacial score (nSPS) is 15.9. The zero-order valence-corrected chi connectivity index (χ0v) is 29.6. The van der Waals surface area contributed by atoms with Crippen LogP contribution in [0.2, 0.25) is 5.02 Å². The van der Waals surface area contributed by atoms with Gasteiger partial charge in [-0.25, -0.2) is 13.2 Å². The lowest BCUT2D eigenvalue weighted by Gasteiger charge is -2.36. The summed E-state index contributed by atoms with van der Waals surface area (Å²) in [5.74, 6) is -1.21. The average Bonchev–Trinajstić information content (AvgIpc) is 3.29.